The van der Waals surface area contributed by atoms with Crippen LogP contribution in [0.1, 0.15) is 0 Å². The fraction of sp³-hybridized carbons (Fsp3) is 0.500. The van der Waals surface area contributed by atoms with E-state index in [1.807, 2.05) is 5.32 Å². The molecule has 0 aliphatic carbocycles. The highest BCUT2D eigenvalue weighted by Crippen LogP contribution is 2.13. The fourth-order valence-electron chi connectivity index (χ4n) is 1.21. The smallest absolute Gasteiger partial charge is 0.480 e. The van der Waals surface area contributed by atoms with E-state index >= 15 is 0 Å². The molecule has 0 fully saturated rings. The minimum absolute atomic E-state index is 0.267. The van der Waals surface area contributed by atoms with Crippen molar-refractivity contribution in [2.75, 3.05) is 39.3 Å². The predicted molar refractivity (Wildman–Crippen MR) is 95.4 cm³/mol. The van der Waals surface area contributed by atoms with Gasteiger partial charge in [0.15, 0.2) is 0 Å². The Kier molecular flexibility index (Phi) is 15.0. The van der Waals surface area contributed by atoms with Crippen molar-refractivity contribution in [3.05, 3.63) is 0 Å². The van der Waals surface area contributed by atoms with Gasteiger partial charge in [-0.1, -0.05) is 0 Å². The number of carboxylic acid groups (broad SMARTS) is 2. The summed E-state index contributed by atoms with van der Waals surface area (Å²) in [6, 6.07) is 0. The van der Waals surface area contributed by atoms with Crippen LogP contribution in [0.2, 0.25) is 0 Å². The Labute approximate surface area is 177 Å². The lowest BCUT2D eigenvalue weighted by Gasteiger charge is -2.08. The van der Waals surface area contributed by atoms with Gasteiger partial charge in [0, 0.05) is 0 Å². The number of aliphatic carboxylic acids is 2. The first-order valence-electron chi connectivity index (χ1n) is 8.24. The molecule has 0 saturated carbocycles. The molecule has 0 radical (unpaired) electrons. The number of carbonyl (C=O) groups excluding carboxylic acids is 5. The molecule has 0 heterocycles. The number of nitrogens with one attached hydrogen (secondary N) is 5. The zero-order chi connectivity index (χ0) is 25.3. The summed E-state index contributed by atoms with van der Waals surface area (Å²) in [7, 11) is 0. The lowest BCUT2D eigenvalue weighted by atomic mass is 10.4. The molecule has 0 aromatic carbocycles. The molecule has 5 amide bonds. The van der Waals surface area contributed by atoms with Gasteiger partial charge in [0.05, 0.1) is 32.7 Å². The molecule has 0 atom stereocenters. The third-order valence-electron chi connectivity index (χ3n) is 2.65. The topological polar surface area (TPSA) is 246 Å². The highest BCUT2D eigenvalue weighted by atomic mass is 19.4. The largest absolute Gasteiger partial charge is 0.490 e. The molecule has 0 bridgehead atoms. The Balaban J connectivity index is 0. The molecular weight excluding hydrogens is 453 g/mol. The maximum Gasteiger partial charge on any atom is 0.490 e. The van der Waals surface area contributed by atoms with E-state index < -0.39 is 73.8 Å². The number of halogens is 3. The first-order chi connectivity index (χ1) is 14.7. The van der Waals surface area contributed by atoms with Crippen LogP contribution in [0.4, 0.5) is 13.2 Å². The Bertz CT molecular complexity index is 715. The number of carbonyl (C=O) groups is 7. The zero-order valence-corrected chi connectivity index (χ0v) is 16.2. The van der Waals surface area contributed by atoms with Gasteiger partial charge in [-0.15, -0.1) is 0 Å². The number of rotatable bonds is 11. The van der Waals surface area contributed by atoms with E-state index in [2.05, 4.69) is 21.3 Å². The second-order valence-corrected chi connectivity index (χ2v) is 5.28. The molecule has 182 valence electrons. The van der Waals surface area contributed by atoms with Crippen molar-refractivity contribution in [2.24, 2.45) is 5.73 Å². The summed E-state index contributed by atoms with van der Waals surface area (Å²) in [5, 5.41) is 26.3. The highest BCUT2D eigenvalue weighted by Gasteiger charge is 2.38. The summed E-state index contributed by atoms with van der Waals surface area (Å²) in [5.41, 5.74) is 5.02. The zero-order valence-electron chi connectivity index (χ0n) is 16.2. The molecule has 9 N–H and O–H groups in total. The van der Waals surface area contributed by atoms with Crippen LogP contribution in [0.15, 0.2) is 0 Å². The van der Waals surface area contributed by atoms with Gasteiger partial charge in [-0.3, -0.25) is 28.8 Å². The molecule has 32 heavy (non-hydrogen) atoms. The van der Waals surface area contributed by atoms with Gasteiger partial charge in [-0.2, -0.15) is 13.2 Å². The van der Waals surface area contributed by atoms with E-state index in [9.17, 15) is 41.9 Å². The van der Waals surface area contributed by atoms with Crippen LogP contribution in [-0.4, -0.2) is 97.1 Å². The van der Waals surface area contributed by atoms with E-state index in [4.69, 9.17) is 20.7 Å². The second-order valence-electron chi connectivity index (χ2n) is 5.28. The van der Waals surface area contributed by atoms with E-state index in [0.717, 1.165) is 0 Å². The van der Waals surface area contributed by atoms with Gasteiger partial charge in [-0.05, 0) is 0 Å². The van der Waals surface area contributed by atoms with E-state index in [-0.39, 0.29) is 13.1 Å². The minimum Gasteiger partial charge on any atom is -0.480 e. The molecule has 18 heteroatoms. The number of hydrogen-bond acceptors (Lipinski definition) is 8. The minimum atomic E-state index is -5.08. The quantitative estimate of drug-likeness (QED) is 0.142. The van der Waals surface area contributed by atoms with Gasteiger partial charge < -0.3 is 42.5 Å². The third kappa shape index (κ3) is 19.4. The second kappa shape index (κ2) is 15.8. The average Bonchev–Trinajstić information content (AvgIpc) is 2.70. The maximum atomic E-state index is 11.4. The summed E-state index contributed by atoms with van der Waals surface area (Å²) in [6.45, 7) is -2.47. The van der Waals surface area contributed by atoms with E-state index in [1.165, 1.54) is 0 Å². The van der Waals surface area contributed by atoms with Crippen molar-refractivity contribution >= 4 is 41.5 Å². The first-order valence-corrected chi connectivity index (χ1v) is 8.24. The molecule has 0 unspecified atom stereocenters. The summed E-state index contributed by atoms with van der Waals surface area (Å²) in [4.78, 5) is 75.1. The lowest BCUT2D eigenvalue weighted by molar-refractivity contribution is -0.192. The van der Waals surface area contributed by atoms with Gasteiger partial charge in [0.25, 0.3) is 0 Å². The molecule has 15 nitrogen and oxygen atoms in total. The van der Waals surface area contributed by atoms with Crippen molar-refractivity contribution in [2.45, 2.75) is 6.18 Å². The first kappa shape index (κ1) is 30.2. The average molecular weight is 474 g/mol. The normalized spacial score (nSPS) is 9.88. The van der Waals surface area contributed by atoms with Crippen molar-refractivity contribution in [3.8, 4) is 0 Å². The molecule has 0 spiro atoms. The standard InChI is InChI=1S/C12H20N6O7.C2HF3O2/c13-1-7(19)14-2-8(20)15-3-9(21)16-4-10(22)17-5-11(23)18-6-12(24)25;3-2(4,5)1(6)7/h1-6,13H2,(H,14,19)(H,15,20)(H,16,21)(H,17,22)(H,18,23)(H,24,25);(H,6,7). The van der Waals surface area contributed by atoms with Crippen molar-refractivity contribution in [3.63, 3.8) is 0 Å². The fourth-order valence-corrected chi connectivity index (χ4v) is 1.21. The van der Waals surface area contributed by atoms with Crippen molar-refractivity contribution < 1.29 is 56.9 Å². The molecule has 0 rings (SSSR count). The number of amides is 5. The Morgan fingerprint density at radius 1 is 0.594 bits per heavy atom. The van der Waals surface area contributed by atoms with Crippen LogP contribution < -0.4 is 32.3 Å². The molecule has 0 aromatic rings. The summed E-state index contributed by atoms with van der Waals surface area (Å²) < 4.78 is 31.7. The van der Waals surface area contributed by atoms with Gasteiger partial charge >= 0.3 is 18.1 Å². The van der Waals surface area contributed by atoms with E-state index in [0.29, 0.717) is 0 Å². The Morgan fingerprint density at radius 3 is 1.06 bits per heavy atom. The number of nitrogens with two attached hydrogens (primary N) is 1. The highest BCUT2D eigenvalue weighted by molar-refractivity contribution is 5.91. The van der Waals surface area contributed by atoms with Crippen LogP contribution in [0, 0.1) is 0 Å². The van der Waals surface area contributed by atoms with Crippen LogP contribution in [-0.2, 0) is 33.6 Å². The van der Waals surface area contributed by atoms with Crippen LogP contribution >= 0.6 is 0 Å². The Morgan fingerprint density at radius 2 is 0.844 bits per heavy atom. The lowest BCUT2D eigenvalue weighted by Crippen LogP contribution is -2.46. The number of hydrogen-bond donors (Lipinski definition) is 8. The summed E-state index contributed by atoms with van der Waals surface area (Å²) in [6.07, 6.45) is -5.08. The maximum absolute atomic E-state index is 11.4. The number of carboxylic acids is 2. The molecule has 0 saturated heterocycles. The van der Waals surface area contributed by atoms with Gasteiger partial charge in [-0.25, -0.2) is 4.79 Å². The number of alkyl halides is 3. The van der Waals surface area contributed by atoms with Crippen molar-refractivity contribution in [1.82, 2.24) is 26.6 Å². The van der Waals surface area contributed by atoms with E-state index in [1.54, 1.807) is 0 Å². The predicted octanol–water partition coefficient (Wildman–Crippen LogP) is -4.76. The molecule has 0 aromatic heterocycles. The van der Waals surface area contributed by atoms with Crippen LogP contribution in [0.5, 0.6) is 0 Å². The van der Waals surface area contributed by atoms with Crippen LogP contribution in [0.3, 0.4) is 0 Å². The summed E-state index contributed by atoms with van der Waals surface area (Å²) >= 11 is 0. The SMILES string of the molecule is NCC(=O)NCC(=O)NCC(=O)NCC(=O)NCC(=O)NCC(=O)O.O=C(O)C(F)(F)F. The molecular formula is C14H21F3N6O9. The van der Waals surface area contributed by atoms with Crippen molar-refractivity contribution in [1.29, 1.82) is 0 Å². The van der Waals surface area contributed by atoms with Crippen LogP contribution in [0.25, 0.3) is 0 Å². The molecule has 0 aliphatic heterocycles. The third-order valence-corrected chi connectivity index (χ3v) is 2.65. The monoisotopic (exact) mass is 474 g/mol. The summed E-state index contributed by atoms with van der Waals surface area (Å²) in [5.74, 6) is -7.16. The van der Waals surface area contributed by atoms with Gasteiger partial charge in [0.2, 0.25) is 29.5 Å². The Hall–Kier alpha value is -3.96. The van der Waals surface area contributed by atoms with Gasteiger partial charge in [0.1, 0.15) is 6.54 Å². The molecule has 0 aliphatic rings.